The van der Waals surface area contributed by atoms with Gasteiger partial charge in [-0.15, -0.1) is 0 Å². The SMILES string of the molecule is CN(CC(=O)Nc1ccc(Cl)c(Cl)c1)C(=O)CNC(=O)c1ccc(Cl)cc1Cl. The third-order valence-electron chi connectivity index (χ3n) is 3.59. The van der Waals surface area contributed by atoms with Crippen molar-refractivity contribution in [3.63, 3.8) is 0 Å². The van der Waals surface area contributed by atoms with Crippen molar-refractivity contribution >= 4 is 69.8 Å². The molecule has 0 heterocycles. The number of benzene rings is 2. The number of nitrogens with zero attached hydrogens (tertiary/aromatic N) is 1. The number of likely N-dealkylation sites (N-methyl/N-ethyl adjacent to an activating group) is 1. The van der Waals surface area contributed by atoms with Crippen molar-refractivity contribution in [1.82, 2.24) is 10.2 Å². The predicted molar refractivity (Wildman–Crippen MR) is 112 cm³/mol. The highest BCUT2D eigenvalue weighted by Gasteiger charge is 2.16. The van der Waals surface area contributed by atoms with Gasteiger partial charge in [0.1, 0.15) is 0 Å². The minimum atomic E-state index is -0.524. The minimum absolute atomic E-state index is 0.173. The van der Waals surface area contributed by atoms with Crippen LogP contribution in [0.3, 0.4) is 0 Å². The fourth-order valence-electron chi connectivity index (χ4n) is 2.14. The van der Waals surface area contributed by atoms with Gasteiger partial charge in [0.15, 0.2) is 0 Å². The van der Waals surface area contributed by atoms with E-state index in [9.17, 15) is 14.4 Å². The Kier molecular flexibility index (Phi) is 7.95. The van der Waals surface area contributed by atoms with E-state index in [0.29, 0.717) is 20.8 Å². The smallest absolute Gasteiger partial charge is 0.253 e. The lowest BCUT2D eigenvalue weighted by Gasteiger charge is -2.17. The summed E-state index contributed by atoms with van der Waals surface area (Å²) >= 11 is 23.5. The van der Waals surface area contributed by atoms with E-state index >= 15 is 0 Å². The maximum absolute atomic E-state index is 12.1. The zero-order valence-corrected chi connectivity index (χ0v) is 17.6. The zero-order chi connectivity index (χ0) is 20.8. The van der Waals surface area contributed by atoms with Crippen molar-refractivity contribution in [3.8, 4) is 0 Å². The van der Waals surface area contributed by atoms with E-state index in [1.165, 1.54) is 36.2 Å². The summed E-state index contributed by atoms with van der Waals surface area (Å²) in [5.74, 6) is -1.41. The van der Waals surface area contributed by atoms with Gasteiger partial charge in [0.25, 0.3) is 5.91 Å². The molecule has 0 bridgehead atoms. The number of rotatable bonds is 6. The number of hydrogen-bond donors (Lipinski definition) is 2. The Morgan fingerprint density at radius 3 is 2.29 bits per heavy atom. The number of anilines is 1. The van der Waals surface area contributed by atoms with Gasteiger partial charge < -0.3 is 15.5 Å². The predicted octanol–water partition coefficient (Wildman–Crippen LogP) is 4.13. The Morgan fingerprint density at radius 2 is 1.64 bits per heavy atom. The lowest BCUT2D eigenvalue weighted by molar-refractivity contribution is -0.132. The number of carbonyl (C=O) groups excluding carboxylic acids is 3. The summed E-state index contributed by atoms with van der Waals surface area (Å²) < 4.78 is 0. The molecule has 2 aromatic carbocycles. The fourth-order valence-corrected chi connectivity index (χ4v) is 2.93. The van der Waals surface area contributed by atoms with E-state index in [2.05, 4.69) is 10.6 Å². The Morgan fingerprint density at radius 1 is 0.929 bits per heavy atom. The van der Waals surface area contributed by atoms with Crippen LogP contribution in [0.25, 0.3) is 0 Å². The molecule has 0 spiro atoms. The molecule has 0 radical (unpaired) electrons. The maximum atomic E-state index is 12.1. The molecule has 0 fully saturated rings. The second-order valence-electron chi connectivity index (χ2n) is 5.73. The largest absolute Gasteiger partial charge is 0.343 e. The average Bonchev–Trinajstić information content (AvgIpc) is 2.62. The third-order valence-corrected chi connectivity index (χ3v) is 4.87. The summed E-state index contributed by atoms with van der Waals surface area (Å²) in [6.07, 6.45) is 0. The van der Waals surface area contributed by atoms with E-state index in [4.69, 9.17) is 46.4 Å². The molecule has 0 aliphatic heterocycles. The van der Waals surface area contributed by atoms with Crippen molar-refractivity contribution in [1.29, 1.82) is 0 Å². The summed E-state index contributed by atoms with van der Waals surface area (Å²) in [6, 6.07) is 9.04. The quantitative estimate of drug-likeness (QED) is 0.677. The van der Waals surface area contributed by atoms with Crippen molar-refractivity contribution in [2.24, 2.45) is 0 Å². The molecule has 2 aromatic rings. The van der Waals surface area contributed by atoms with Gasteiger partial charge in [-0.25, -0.2) is 0 Å². The van der Waals surface area contributed by atoms with Crippen molar-refractivity contribution in [2.45, 2.75) is 0 Å². The lowest BCUT2D eigenvalue weighted by Crippen LogP contribution is -2.41. The van der Waals surface area contributed by atoms with E-state index in [1.807, 2.05) is 0 Å². The normalized spacial score (nSPS) is 10.3. The second kappa shape index (κ2) is 9.98. The number of hydrogen-bond acceptors (Lipinski definition) is 3. The highest BCUT2D eigenvalue weighted by molar-refractivity contribution is 6.42. The van der Waals surface area contributed by atoms with Gasteiger partial charge in [-0.3, -0.25) is 14.4 Å². The highest BCUT2D eigenvalue weighted by Crippen LogP contribution is 2.25. The van der Waals surface area contributed by atoms with Crippen molar-refractivity contribution < 1.29 is 14.4 Å². The molecule has 2 N–H and O–H groups in total. The molecule has 0 unspecified atom stereocenters. The minimum Gasteiger partial charge on any atom is -0.343 e. The highest BCUT2D eigenvalue weighted by atomic mass is 35.5. The second-order valence-corrected chi connectivity index (χ2v) is 7.39. The Labute approximate surface area is 181 Å². The Hall–Kier alpha value is -1.99. The van der Waals surface area contributed by atoms with Gasteiger partial charge in [0, 0.05) is 17.8 Å². The summed E-state index contributed by atoms with van der Waals surface area (Å²) in [6.45, 7) is -0.509. The van der Waals surface area contributed by atoms with Crippen LogP contribution in [0.1, 0.15) is 10.4 Å². The number of nitrogens with one attached hydrogen (secondary N) is 2. The summed E-state index contributed by atoms with van der Waals surface area (Å²) in [5.41, 5.74) is 0.643. The van der Waals surface area contributed by atoms with Crippen LogP contribution in [0, 0.1) is 0 Å². The topological polar surface area (TPSA) is 78.5 Å². The molecule has 0 aliphatic carbocycles. The molecule has 148 valence electrons. The lowest BCUT2D eigenvalue weighted by atomic mass is 10.2. The number of carbonyl (C=O) groups is 3. The van der Waals surface area contributed by atoms with Crippen LogP contribution < -0.4 is 10.6 Å². The van der Waals surface area contributed by atoms with Crippen LogP contribution in [0.2, 0.25) is 20.1 Å². The first-order valence-corrected chi connectivity index (χ1v) is 9.40. The Balaban J connectivity index is 1.85. The molecule has 6 nitrogen and oxygen atoms in total. The van der Waals surface area contributed by atoms with Crippen LogP contribution in [-0.2, 0) is 9.59 Å². The molecule has 0 aliphatic rings. The van der Waals surface area contributed by atoms with Crippen LogP contribution >= 0.6 is 46.4 Å². The average molecular weight is 463 g/mol. The molecular formula is C18H15Cl4N3O3. The third kappa shape index (κ3) is 6.27. The molecule has 28 heavy (non-hydrogen) atoms. The first-order valence-electron chi connectivity index (χ1n) is 7.89. The summed E-state index contributed by atoms with van der Waals surface area (Å²) in [4.78, 5) is 37.5. The van der Waals surface area contributed by atoms with Gasteiger partial charge >= 0.3 is 0 Å². The van der Waals surface area contributed by atoms with Crippen LogP contribution in [-0.4, -0.2) is 42.8 Å². The first-order chi connectivity index (χ1) is 13.2. The molecule has 3 amide bonds. The summed E-state index contributed by atoms with van der Waals surface area (Å²) in [7, 11) is 1.44. The zero-order valence-electron chi connectivity index (χ0n) is 14.6. The molecule has 0 atom stereocenters. The first kappa shape index (κ1) is 22.3. The molecule has 10 heteroatoms. The van der Waals surface area contributed by atoms with Crippen molar-refractivity contribution in [2.75, 3.05) is 25.5 Å². The van der Waals surface area contributed by atoms with E-state index in [0.717, 1.165) is 0 Å². The summed E-state index contributed by atoms with van der Waals surface area (Å²) in [5, 5.41) is 6.29. The van der Waals surface area contributed by atoms with Gasteiger partial charge in [-0.1, -0.05) is 46.4 Å². The van der Waals surface area contributed by atoms with Crippen LogP contribution in [0.4, 0.5) is 5.69 Å². The molecule has 0 aromatic heterocycles. The number of amides is 3. The van der Waals surface area contributed by atoms with E-state index < -0.39 is 17.7 Å². The molecule has 0 saturated heterocycles. The maximum Gasteiger partial charge on any atom is 0.253 e. The van der Waals surface area contributed by atoms with Gasteiger partial charge in [0.2, 0.25) is 11.8 Å². The van der Waals surface area contributed by atoms with Gasteiger partial charge in [-0.2, -0.15) is 0 Å². The van der Waals surface area contributed by atoms with E-state index in [1.54, 1.807) is 12.1 Å². The molecule has 2 rings (SSSR count). The fraction of sp³-hybridized carbons (Fsp3) is 0.167. The van der Waals surface area contributed by atoms with Gasteiger partial charge in [0.05, 0.1) is 33.7 Å². The standard InChI is InChI=1S/C18H15Cl4N3O3/c1-25(9-16(26)24-11-3-5-13(20)15(22)7-11)17(27)8-23-18(28)12-4-2-10(19)6-14(12)21/h2-7H,8-9H2,1H3,(H,23,28)(H,24,26). The number of halogens is 4. The molecule has 0 saturated carbocycles. The Bertz CT molecular complexity index is 921. The van der Waals surface area contributed by atoms with Crippen molar-refractivity contribution in [3.05, 3.63) is 62.1 Å². The van der Waals surface area contributed by atoms with Crippen LogP contribution in [0.5, 0.6) is 0 Å². The molecular weight excluding hydrogens is 448 g/mol. The monoisotopic (exact) mass is 461 g/mol. The van der Waals surface area contributed by atoms with Gasteiger partial charge in [-0.05, 0) is 36.4 Å². The van der Waals surface area contributed by atoms with Crippen LogP contribution in [0.15, 0.2) is 36.4 Å². The van der Waals surface area contributed by atoms with E-state index in [-0.39, 0.29) is 23.7 Å².